The summed E-state index contributed by atoms with van der Waals surface area (Å²) in [4.78, 5) is 15.2. The van der Waals surface area contributed by atoms with Gasteiger partial charge in [-0.15, -0.1) is 0 Å². The second-order valence-electron chi connectivity index (χ2n) is 7.39. The first-order valence-corrected chi connectivity index (χ1v) is 9.92. The third-order valence-corrected chi connectivity index (χ3v) is 5.97. The summed E-state index contributed by atoms with van der Waals surface area (Å²) in [6.07, 6.45) is 6.35. The van der Waals surface area contributed by atoms with E-state index in [9.17, 15) is 4.79 Å². The minimum absolute atomic E-state index is 0.0781. The number of hydrogen-bond donors (Lipinski definition) is 2. The Kier molecular flexibility index (Phi) is 5.27. The standard InChI is InChI=1S/C20H25ClN4O/c21-16-8-6-14(7-9-16)17-12-18(24-23-17)20(26)22-13-15-4-3-11-25-10-2-1-5-19(15)25/h6-9,12,15,19H,1-5,10-11,13H2,(H,22,26)(H,23,24)/t15-,19+/m0/s1. The Morgan fingerprint density at radius 2 is 2.00 bits per heavy atom. The second kappa shape index (κ2) is 7.80. The molecule has 0 radical (unpaired) electrons. The number of hydrogen-bond acceptors (Lipinski definition) is 3. The predicted molar refractivity (Wildman–Crippen MR) is 103 cm³/mol. The van der Waals surface area contributed by atoms with Crippen molar-refractivity contribution in [2.75, 3.05) is 19.6 Å². The highest BCUT2D eigenvalue weighted by molar-refractivity contribution is 6.30. The van der Waals surface area contributed by atoms with Gasteiger partial charge in [-0.2, -0.15) is 5.10 Å². The first-order valence-electron chi connectivity index (χ1n) is 9.54. The number of piperidine rings is 2. The molecular weight excluding hydrogens is 348 g/mol. The maximum atomic E-state index is 12.5. The number of nitrogens with zero attached hydrogens (tertiary/aromatic N) is 2. The van der Waals surface area contributed by atoms with Gasteiger partial charge in [0.2, 0.25) is 0 Å². The van der Waals surface area contributed by atoms with Crippen molar-refractivity contribution in [3.63, 3.8) is 0 Å². The Hall–Kier alpha value is -1.85. The molecular formula is C20H25ClN4O. The molecule has 0 saturated carbocycles. The van der Waals surface area contributed by atoms with Gasteiger partial charge >= 0.3 is 0 Å². The first kappa shape index (κ1) is 17.6. The minimum Gasteiger partial charge on any atom is -0.350 e. The zero-order chi connectivity index (χ0) is 17.9. The molecule has 138 valence electrons. The van der Waals surface area contributed by atoms with Gasteiger partial charge in [-0.1, -0.05) is 30.2 Å². The van der Waals surface area contributed by atoms with Crippen LogP contribution < -0.4 is 5.32 Å². The fraction of sp³-hybridized carbons (Fsp3) is 0.500. The summed E-state index contributed by atoms with van der Waals surface area (Å²) in [6, 6.07) is 9.89. The maximum absolute atomic E-state index is 12.5. The van der Waals surface area contributed by atoms with Crippen LogP contribution in [0, 0.1) is 5.92 Å². The van der Waals surface area contributed by atoms with Gasteiger partial charge in [-0.05, 0) is 62.9 Å². The Morgan fingerprint density at radius 3 is 2.85 bits per heavy atom. The van der Waals surface area contributed by atoms with E-state index >= 15 is 0 Å². The molecule has 6 heteroatoms. The summed E-state index contributed by atoms with van der Waals surface area (Å²) >= 11 is 5.92. The number of rotatable bonds is 4. The number of halogens is 1. The number of aromatic amines is 1. The fourth-order valence-corrected chi connectivity index (χ4v) is 4.47. The van der Waals surface area contributed by atoms with E-state index in [4.69, 9.17) is 11.6 Å². The van der Waals surface area contributed by atoms with Gasteiger partial charge in [0, 0.05) is 23.2 Å². The molecule has 4 rings (SSSR count). The average Bonchev–Trinajstić information content (AvgIpc) is 3.17. The molecule has 1 aromatic heterocycles. The van der Waals surface area contributed by atoms with Gasteiger partial charge in [0.15, 0.2) is 0 Å². The Morgan fingerprint density at radius 1 is 1.19 bits per heavy atom. The molecule has 0 aliphatic carbocycles. The lowest BCUT2D eigenvalue weighted by molar-refractivity contribution is 0.0575. The predicted octanol–water partition coefficient (Wildman–Crippen LogP) is 3.72. The van der Waals surface area contributed by atoms with Crippen LogP contribution in [0.2, 0.25) is 5.02 Å². The van der Waals surface area contributed by atoms with E-state index in [0.29, 0.717) is 22.7 Å². The van der Waals surface area contributed by atoms with Crippen LogP contribution in [-0.2, 0) is 0 Å². The highest BCUT2D eigenvalue weighted by Crippen LogP contribution is 2.30. The Balaban J connectivity index is 1.37. The van der Waals surface area contributed by atoms with Crippen LogP contribution >= 0.6 is 11.6 Å². The van der Waals surface area contributed by atoms with Crippen molar-refractivity contribution in [1.82, 2.24) is 20.4 Å². The van der Waals surface area contributed by atoms with Crippen molar-refractivity contribution in [2.45, 2.75) is 38.1 Å². The lowest BCUT2D eigenvalue weighted by Gasteiger charge is -2.44. The van der Waals surface area contributed by atoms with Gasteiger partial charge in [0.05, 0.1) is 5.69 Å². The Bertz CT molecular complexity index is 755. The Labute approximate surface area is 159 Å². The number of H-pyrrole nitrogens is 1. The summed E-state index contributed by atoms with van der Waals surface area (Å²) in [6.45, 7) is 3.19. The quantitative estimate of drug-likeness (QED) is 0.859. The van der Waals surface area contributed by atoms with E-state index in [1.54, 1.807) is 6.07 Å². The zero-order valence-electron chi connectivity index (χ0n) is 14.9. The molecule has 2 aliphatic heterocycles. The molecule has 2 N–H and O–H groups in total. The third kappa shape index (κ3) is 3.79. The van der Waals surface area contributed by atoms with E-state index in [-0.39, 0.29) is 5.91 Å². The average molecular weight is 373 g/mol. The lowest BCUT2D eigenvalue weighted by atomic mass is 9.83. The van der Waals surface area contributed by atoms with E-state index in [1.165, 1.54) is 45.2 Å². The van der Waals surface area contributed by atoms with Crippen LogP contribution in [-0.4, -0.2) is 46.7 Å². The summed E-state index contributed by atoms with van der Waals surface area (Å²) in [5.41, 5.74) is 2.20. The van der Waals surface area contributed by atoms with Crippen LogP contribution in [0.15, 0.2) is 30.3 Å². The van der Waals surface area contributed by atoms with E-state index in [0.717, 1.165) is 17.8 Å². The van der Waals surface area contributed by atoms with E-state index < -0.39 is 0 Å². The summed E-state index contributed by atoms with van der Waals surface area (Å²) in [5.74, 6) is 0.484. The number of nitrogens with one attached hydrogen (secondary N) is 2. The monoisotopic (exact) mass is 372 g/mol. The molecule has 2 aliphatic rings. The third-order valence-electron chi connectivity index (χ3n) is 5.72. The van der Waals surface area contributed by atoms with Gasteiger partial charge < -0.3 is 10.2 Å². The van der Waals surface area contributed by atoms with E-state index in [1.807, 2.05) is 24.3 Å². The SMILES string of the molecule is O=C(NC[C@@H]1CCCN2CCCC[C@H]12)c1cc(-c2ccc(Cl)cc2)n[nH]1. The summed E-state index contributed by atoms with van der Waals surface area (Å²) < 4.78 is 0. The van der Waals surface area contributed by atoms with Crippen LogP contribution in [0.25, 0.3) is 11.3 Å². The molecule has 0 unspecified atom stereocenters. The van der Waals surface area contributed by atoms with Crippen molar-refractivity contribution >= 4 is 17.5 Å². The maximum Gasteiger partial charge on any atom is 0.269 e. The molecule has 2 saturated heterocycles. The minimum atomic E-state index is -0.0781. The van der Waals surface area contributed by atoms with Gasteiger partial charge in [-0.25, -0.2) is 0 Å². The van der Waals surface area contributed by atoms with Crippen molar-refractivity contribution in [1.29, 1.82) is 0 Å². The molecule has 1 aromatic carbocycles. The summed E-state index contributed by atoms with van der Waals surface area (Å²) in [7, 11) is 0. The number of amides is 1. The van der Waals surface area contributed by atoms with Gasteiger partial charge in [0.25, 0.3) is 5.91 Å². The number of aromatic nitrogens is 2. The molecule has 2 atom stereocenters. The number of fused-ring (bicyclic) bond motifs is 1. The zero-order valence-corrected chi connectivity index (χ0v) is 15.6. The van der Waals surface area contributed by atoms with E-state index in [2.05, 4.69) is 20.4 Å². The van der Waals surface area contributed by atoms with Crippen LogP contribution in [0.3, 0.4) is 0 Å². The first-order chi connectivity index (χ1) is 12.7. The van der Waals surface area contributed by atoms with Gasteiger partial charge in [-0.3, -0.25) is 9.89 Å². The van der Waals surface area contributed by atoms with Gasteiger partial charge in [0.1, 0.15) is 5.69 Å². The molecule has 0 spiro atoms. The second-order valence-corrected chi connectivity index (χ2v) is 7.82. The highest BCUT2D eigenvalue weighted by atomic mass is 35.5. The van der Waals surface area contributed by atoms with Crippen LogP contribution in [0.4, 0.5) is 0 Å². The smallest absolute Gasteiger partial charge is 0.269 e. The lowest BCUT2D eigenvalue weighted by Crippen LogP contribution is -2.51. The highest BCUT2D eigenvalue weighted by Gasteiger charge is 2.33. The topological polar surface area (TPSA) is 61.0 Å². The molecule has 1 amide bonds. The normalized spacial score (nSPS) is 23.4. The van der Waals surface area contributed by atoms with Crippen molar-refractivity contribution < 1.29 is 4.79 Å². The largest absolute Gasteiger partial charge is 0.350 e. The molecule has 5 nitrogen and oxygen atoms in total. The molecule has 2 aromatic rings. The van der Waals surface area contributed by atoms with Crippen molar-refractivity contribution in [3.05, 3.63) is 41.0 Å². The molecule has 26 heavy (non-hydrogen) atoms. The molecule has 0 bridgehead atoms. The van der Waals surface area contributed by atoms with Crippen molar-refractivity contribution in [3.8, 4) is 11.3 Å². The molecule has 2 fully saturated rings. The van der Waals surface area contributed by atoms with Crippen molar-refractivity contribution in [2.24, 2.45) is 5.92 Å². The fourth-order valence-electron chi connectivity index (χ4n) is 4.34. The number of carbonyl (C=O) groups is 1. The van der Waals surface area contributed by atoms with Crippen LogP contribution in [0.1, 0.15) is 42.6 Å². The number of carbonyl (C=O) groups excluding carboxylic acids is 1. The molecule has 3 heterocycles. The van der Waals surface area contributed by atoms with Crippen LogP contribution in [0.5, 0.6) is 0 Å². The summed E-state index contributed by atoms with van der Waals surface area (Å²) in [5, 5.41) is 10.9. The number of benzene rings is 1.